The molecule has 1 aromatic carbocycles. The van der Waals surface area contributed by atoms with Crippen molar-refractivity contribution in [3.63, 3.8) is 0 Å². The van der Waals surface area contributed by atoms with Crippen molar-refractivity contribution in [2.75, 3.05) is 6.61 Å². The first-order chi connectivity index (χ1) is 8.13. The third-order valence-corrected chi connectivity index (χ3v) is 2.10. The summed E-state index contributed by atoms with van der Waals surface area (Å²) in [7, 11) is 0. The summed E-state index contributed by atoms with van der Waals surface area (Å²) in [4.78, 5) is 11.2. The molecule has 0 aliphatic rings. The van der Waals surface area contributed by atoms with Crippen LogP contribution < -0.4 is 0 Å². The topological polar surface area (TPSA) is 26.3 Å². The first kappa shape index (κ1) is 13.4. The molecule has 17 heavy (non-hydrogen) atoms. The minimum absolute atomic E-state index is 0.372. The van der Waals surface area contributed by atoms with Gasteiger partial charge < -0.3 is 4.74 Å². The van der Waals surface area contributed by atoms with Gasteiger partial charge in [-0.05, 0) is 30.2 Å². The summed E-state index contributed by atoms with van der Waals surface area (Å²) in [6, 6.07) is 3.41. The third kappa shape index (κ3) is 4.76. The van der Waals surface area contributed by atoms with E-state index in [1.807, 2.05) is 6.92 Å². The smallest absolute Gasteiger partial charge is 0.330 e. The molecule has 1 aromatic rings. The molecule has 0 radical (unpaired) electrons. The molecule has 0 N–H and O–H groups in total. The monoisotopic (exact) mass is 240 g/mol. The lowest BCUT2D eigenvalue weighted by Crippen LogP contribution is -2.01. The molecule has 0 saturated carbocycles. The summed E-state index contributed by atoms with van der Waals surface area (Å²) < 4.78 is 30.3. The normalized spacial score (nSPS) is 10.8. The highest BCUT2D eigenvalue weighted by Crippen LogP contribution is 2.10. The molecule has 92 valence electrons. The first-order valence-electron chi connectivity index (χ1n) is 5.43. The fourth-order valence-corrected chi connectivity index (χ4v) is 1.15. The van der Waals surface area contributed by atoms with E-state index in [4.69, 9.17) is 4.74 Å². The van der Waals surface area contributed by atoms with Gasteiger partial charge in [0.1, 0.15) is 0 Å². The van der Waals surface area contributed by atoms with E-state index < -0.39 is 17.6 Å². The maximum Gasteiger partial charge on any atom is 0.330 e. The SMILES string of the molecule is CCCCOC(=O)C=Cc1ccc(F)c(F)c1. The van der Waals surface area contributed by atoms with Crippen molar-refractivity contribution in [3.05, 3.63) is 41.5 Å². The largest absolute Gasteiger partial charge is 0.463 e. The fourth-order valence-electron chi connectivity index (χ4n) is 1.15. The quantitative estimate of drug-likeness (QED) is 0.448. The van der Waals surface area contributed by atoms with Crippen molar-refractivity contribution < 1.29 is 18.3 Å². The van der Waals surface area contributed by atoms with Crippen LogP contribution in [0, 0.1) is 11.6 Å². The standard InChI is InChI=1S/C13H14F2O2/c1-2-3-8-17-13(16)7-5-10-4-6-11(14)12(15)9-10/h4-7,9H,2-3,8H2,1H3. The van der Waals surface area contributed by atoms with Gasteiger partial charge in [-0.15, -0.1) is 0 Å². The van der Waals surface area contributed by atoms with Crippen molar-refractivity contribution >= 4 is 12.0 Å². The molecule has 0 aliphatic carbocycles. The second kappa shape index (κ2) is 6.78. The Kier molecular flexibility index (Phi) is 5.33. The number of rotatable bonds is 5. The van der Waals surface area contributed by atoms with Crippen molar-refractivity contribution in [3.8, 4) is 0 Å². The number of benzene rings is 1. The van der Waals surface area contributed by atoms with Gasteiger partial charge in [-0.2, -0.15) is 0 Å². The lowest BCUT2D eigenvalue weighted by molar-refractivity contribution is -0.137. The van der Waals surface area contributed by atoms with E-state index in [9.17, 15) is 13.6 Å². The minimum Gasteiger partial charge on any atom is -0.463 e. The lowest BCUT2D eigenvalue weighted by atomic mass is 10.2. The molecule has 0 saturated heterocycles. The number of unbranched alkanes of at least 4 members (excludes halogenated alkanes) is 1. The average Bonchev–Trinajstić information content (AvgIpc) is 2.31. The average molecular weight is 240 g/mol. The number of hydrogen-bond acceptors (Lipinski definition) is 2. The Balaban J connectivity index is 2.52. The molecule has 2 nitrogen and oxygen atoms in total. The molecule has 0 spiro atoms. The van der Waals surface area contributed by atoms with Gasteiger partial charge in [0.05, 0.1) is 6.61 Å². The van der Waals surface area contributed by atoms with Gasteiger partial charge in [-0.1, -0.05) is 19.4 Å². The zero-order valence-corrected chi connectivity index (χ0v) is 9.58. The Morgan fingerprint density at radius 2 is 2.12 bits per heavy atom. The summed E-state index contributed by atoms with van der Waals surface area (Å²) in [5, 5.41) is 0. The Bertz CT molecular complexity index is 414. The number of hydrogen-bond donors (Lipinski definition) is 0. The molecule has 0 amide bonds. The molecule has 0 unspecified atom stereocenters. The van der Waals surface area contributed by atoms with Crippen LogP contribution >= 0.6 is 0 Å². The van der Waals surface area contributed by atoms with Crippen LogP contribution in [0.2, 0.25) is 0 Å². The van der Waals surface area contributed by atoms with Gasteiger partial charge in [0.15, 0.2) is 11.6 Å². The van der Waals surface area contributed by atoms with E-state index in [2.05, 4.69) is 0 Å². The van der Waals surface area contributed by atoms with Crippen LogP contribution in [-0.2, 0) is 9.53 Å². The summed E-state index contributed by atoms with van der Waals surface area (Å²) in [5.41, 5.74) is 0.413. The maximum atomic E-state index is 12.8. The highest BCUT2D eigenvalue weighted by molar-refractivity contribution is 5.87. The molecule has 0 aromatic heterocycles. The predicted molar refractivity (Wildman–Crippen MR) is 61.3 cm³/mol. The summed E-state index contributed by atoms with van der Waals surface area (Å²) >= 11 is 0. The van der Waals surface area contributed by atoms with Crippen LogP contribution in [0.3, 0.4) is 0 Å². The van der Waals surface area contributed by atoms with Gasteiger partial charge in [0.25, 0.3) is 0 Å². The van der Waals surface area contributed by atoms with Crippen molar-refractivity contribution in [1.82, 2.24) is 0 Å². The highest BCUT2D eigenvalue weighted by atomic mass is 19.2. The summed E-state index contributed by atoms with van der Waals surface area (Å²) in [5.74, 6) is -2.33. The zero-order valence-electron chi connectivity index (χ0n) is 9.58. The Labute approximate surface area is 98.9 Å². The van der Waals surface area contributed by atoms with E-state index in [0.717, 1.165) is 25.0 Å². The van der Waals surface area contributed by atoms with E-state index in [-0.39, 0.29) is 0 Å². The van der Waals surface area contributed by atoms with Gasteiger partial charge in [0, 0.05) is 6.08 Å². The fraction of sp³-hybridized carbons (Fsp3) is 0.308. The van der Waals surface area contributed by atoms with Gasteiger partial charge in [-0.25, -0.2) is 13.6 Å². The number of carbonyl (C=O) groups is 1. The van der Waals surface area contributed by atoms with Crippen molar-refractivity contribution in [2.24, 2.45) is 0 Å². The molecule has 0 bridgehead atoms. The number of ether oxygens (including phenoxy) is 1. The zero-order chi connectivity index (χ0) is 12.7. The second-order valence-electron chi connectivity index (χ2n) is 3.53. The second-order valence-corrected chi connectivity index (χ2v) is 3.53. The molecule has 0 aliphatic heterocycles. The summed E-state index contributed by atoms with van der Waals surface area (Å²) in [6.45, 7) is 2.36. The molecule has 4 heteroatoms. The number of carbonyl (C=O) groups excluding carboxylic acids is 1. The molecular weight excluding hydrogens is 226 g/mol. The van der Waals surface area contributed by atoms with Gasteiger partial charge in [0.2, 0.25) is 0 Å². The van der Waals surface area contributed by atoms with Crippen LogP contribution in [0.15, 0.2) is 24.3 Å². The van der Waals surface area contributed by atoms with Crippen LogP contribution in [0.5, 0.6) is 0 Å². The molecule has 0 atom stereocenters. The minimum atomic E-state index is -0.938. The molecular formula is C13H14F2O2. The van der Waals surface area contributed by atoms with Crippen molar-refractivity contribution in [1.29, 1.82) is 0 Å². The van der Waals surface area contributed by atoms with Crippen LogP contribution in [0.4, 0.5) is 8.78 Å². The summed E-state index contributed by atoms with van der Waals surface area (Å²) in [6.07, 6.45) is 4.34. The van der Waals surface area contributed by atoms with Crippen LogP contribution in [0.25, 0.3) is 6.08 Å². The van der Waals surface area contributed by atoms with E-state index >= 15 is 0 Å². The van der Waals surface area contributed by atoms with Gasteiger partial charge in [-0.3, -0.25) is 0 Å². The molecule has 0 heterocycles. The lowest BCUT2D eigenvalue weighted by Gasteiger charge is -1.99. The Morgan fingerprint density at radius 3 is 2.76 bits per heavy atom. The highest BCUT2D eigenvalue weighted by Gasteiger charge is 2.01. The van der Waals surface area contributed by atoms with E-state index in [0.29, 0.717) is 12.2 Å². The van der Waals surface area contributed by atoms with E-state index in [1.54, 1.807) is 0 Å². The van der Waals surface area contributed by atoms with Crippen LogP contribution in [-0.4, -0.2) is 12.6 Å². The Morgan fingerprint density at radius 1 is 1.35 bits per heavy atom. The Hall–Kier alpha value is -1.71. The van der Waals surface area contributed by atoms with Gasteiger partial charge >= 0.3 is 5.97 Å². The molecule has 0 fully saturated rings. The number of halogens is 2. The first-order valence-corrected chi connectivity index (χ1v) is 5.43. The third-order valence-electron chi connectivity index (χ3n) is 2.10. The maximum absolute atomic E-state index is 12.8. The van der Waals surface area contributed by atoms with Crippen molar-refractivity contribution in [2.45, 2.75) is 19.8 Å². The van der Waals surface area contributed by atoms with Crippen LogP contribution in [0.1, 0.15) is 25.3 Å². The predicted octanol–water partition coefficient (Wildman–Crippen LogP) is 3.32. The van der Waals surface area contributed by atoms with E-state index in [1.165, 1.54) is 18.2 Å². The molecule has 1 rings (SSSR count). The number of esters is 1.